The summed E-state index contributed by atoms with van der Waals surface area (Å²) in [5.41, 5.74) is 1.31. The Morgan fingerprint density at radius 1 is 1.31 bits per heavy atom. The van der Waals surface area contributed by atoms with Gasteiger partial charge in [0.15, 0.2) is 0 Å². The number of carbonyl (C=O) groups is 1. The highest BCUT2D eigenvalue weighted by atomic mass is 19.4. The number of rotatable bonds is 3. The van der Waals surface area contributed by atoms with E-state index in [-0.39, 0.29) is 11.4 Å². The number of alkyl halides is 3. The van der Waals surface area contributed by atoms with Gasteiger partial charge in [0, 0.05) is 25.5 Å². The van der Waals surface area contributed by atoms with E-state index in [4.69, 9.17) is 4.74 Å². The number of ether oxygens (including phenoxy) is 1. The molecule has 1 aromatic carbocycles. The molecule has 1 aliphatic heterocycles. The number of hydrogen-bond donors (Lipinski definition) is 1. The van der Waals surface area contributed by atoms with Crippen LogP contribution in [-0.4, -0.2) is 36.5 Å². The van der Waals surface area contributed by atoms with Crippen molar-refractivity contribution in [3.05, 3.63) is 52.8 Å². The molecule has 0 aliphatic carbocycles. The monoisotopic (exact) mass is 365 g/mol. The second kappa shape index (κ2) is 6.95. The van der Waals surface area contributed by atoms with Gasteiger partial charge in [0.05, 0.1) is 23.9 Å². The Kier molecular flexibility index (Phi) is 4.86. The van der Waals surface area contributed by atoms with E-state index in [1.807, 2.05) is 7.05 Å². The van der Waals surface area contributed by atoms with Crippen molar-refractivity contribution in [2.24, 2.45) is 0 Å². The van der Waals surface area contributed by atoms with Crippen LogP contribution in [0, 0.1) is 0 Å². The van der Waals surface area contributed by atoms with Crippen LogP contribution in [0.15, 0.2) is 30.6 Å². The predicted molar refractivity (Wildman–Crippen MR) is 90.2 cm³/mol. The number of nitrogens with zero attached hydrogens (tertiary/aromatic N) is 2. The number of halogens is 3. The van der Waals surface area contributed by atoms with Gasteiger partial charge in [-0.2, -0.15) is 13.2 Å². The molecule has 26 heavy (non-hydrogen) atoms. The highest BCUT2D eigenvalue weighted by molar-refractivity contribution is 6.06. The number of methoxy groups -OCH3 is 1. The highest BCUT2D eigenvalue weighted by Gasteiger charge is 2.31. The second-order valence-corrected chi connectivity index (χ2v) is 6.18. The van der Waals surface area contributed by atoms with Crippen LogP contribution in [-0.2, 0) is 19.1 Å². The average molecular weight is 365 g/mol. The van der Waals surface area contributed by atoms with E-state index in [0.717, 1.165) is 29.8 Å². The molecule has 2 heterocycles. The van der Waals surface area contributed by atoms with E-state index >= 15 is 0 Å². The third kappa shape index (κ3) is 3.65. The summed E-state index contributed by atoms with van der Waals surface area (Å²) in [4.78, 5) is 18.9. The molecule has 138 valence electrons. The lowest BCUT2D eigenvalue weighted by Gasteiger charge is -2.26. The molecule has 1 aromatic heterocycles. The molecule has 5 nitrogen and oxygen atoms in total. The van der Waals surface area contributed by atoms with E-state index in [9.17, 15) is 18.0 Å². The van der Waals surface area contributed by atoms with Crippen molar-refractivity contribution >= 4 is 11.6 Å². The van der Waals surface area contributed by atoms with Crippen LogP contribution >= 0.6 is 0 Å². The third-order valence-electron chi connectivity index (χ3n) is 4.35. The Morgan fingerprint density at radius 3 is 2.77 bits per heavy atom. The first-order valence-corrected chi connectivity index (χ1v) is 8.00. The SMILES string of the molecule is COc1ccc(C(F)(F)F)cc1NC(=O)c1cncc2c1CCN(C)C2. The lowest BCUT2D eigenvalue weighted by Crippen LogP contribution is -2.29. The summed E-state index contributed by atoms with van der Waals surface area (Å²) < 4.78 is 43.9. The Bertz CT molecular complexity index is 837. The van der Waals surface area contributed by atoms with Gasteiger partial charge in [-0.25, -0.2) is 0 Å². The number of nitrogens with one attached hydrogen (secondary N) is 1. The molecule has 0 fully saturated rings. The fourth-order valence-corrected chi connectivity index (χ4v) is 3.00. The van der Waals surface area contributed by atoms with Crippen molar-refractivity contribution in [3.8, 4) is 5.75 Å². The lowest BCUT2D eigenvalue weighted by molar-refractivity contribution is -0.137. The van der Waals surface area contributed by atoms with Gasteiger partial charge in [-0.1, -0.05) is 0 Å². The number of carbonyl (C=O) groups excluding carboxylic acids is 1. The van der Waals surface area contributed by atoms with Crippen LogP contribution in [0.5, 0.6) is 5.75 Å². The molecule has 0 atom stereocenters. The van der Waals surface area contributed by atoms with Gasteiger partial charge in [-0.05, 0) is 42.8 Å². The van der Waals surface area contributed by atoms with Gasteiger partial charge in [0.2, 0.25) is 0 Å². The Morgan fingerprint density at radius 2 is 2.08 bits per heavy atom. The van der Waals surface area contributed by atoms with Crippen LogP contribution in [0.4, 0.5) is 18.9 Å². The largest absolute Gasteiger partial charge is 0.495 e. The average Bonchev–Trinajstić information content (AvgIpc) is 2.60. The molecule has 3 rings (SSSR count). The molecule has 8 heteroatoms. The molecule has 1 amide bonds. The maximum absolute atomic E-state index is 13.0. The van der Waals surface area contributed by atoms with Gasteiger partial charge in [-0.3, -0.25) is 9.78 Å². The Labute approximate surface area is 148 Å². The fourth-order valence-electron chi connectivity index (χ4n) is 3.00. The van der Waals surface area contributed by atoms with Crippen molar-refractivity contribution in [3.63, 3.8) is 0 Å². The van der Waals surface area contributed by atoms with Crippen LogP contribution in [0.1, 0.15) is 27.0 Å². The molecule has 0 unspecified atom stereocenters. The first-order chi connectivity index (χ1) is 12.3. The summed E-state index contributed by atoms with van der Waals surface area (Å²) in [6, 6.07) is 2.97. The van der Waals surface area contributed by atoms with Crippen molar-refractivity contribution < 1.29 is 22.7 Å². The van der Waals surface area contributed by atoms with E-state index in [2.05, 4.69) is 15.2 Å². The molecule has 0 saturated carbocycles. The minimum atomic E-state index is -4.51. The fraction of sp³-hybridized carbons (Fsp3) is 0.333. The highest BCUT2D eigenvalue weighted by Crippen LogP contribution is 2.35. The summed E-state index contributed by atoms with van der Waals surface area (Å²) in [5.74, 6) is -0.347. The first-order valence-electron chi connectivity index (χ1n) is 8.00. The number of fused-ring (bicyclic) bond motifs is 1. The summed E-state index contributed by atoms with van der Waals surface area (Å²) in [6.45, 7) is 1.47. The summed E-state index contributed by atoms with van der Waals surface area (Å²) in [7, 11) is 3.31. The minimum Gasteiger partial charge on any atom is -0.495 e. The molecule has 0 radical (unpaired) electrons. The maximum atomic E-state index is 13.0. The Hall–Kier alpha value is -2.61. The summed E-state index contributed by atoms with van der Waals surface area (Å²) >= 11 is 0. The number of hydrogen-bond acceptors (Lipinski definition) is 4. The van der Waals surface area contributed by atoms with Crippen LogP contribution in [0.25, 0.3) is 0 Å². The van der Waals surface area contributed by atoms with Crippen molar-refractivity contribution in [2.45, 2.75) is 19.1 Å². The number of benzene rings is 1. The van der Waals surface area contributed by atoms with Crippen molar-refractivity contribution in [1.82, 2.24) is 9.88 Å². The van der Waals surface area contributed by atoms with E-state index in [0.29, 0.717) is 18.5 Å². The summed E-state index contributed by atoms with van der Waals surface area (Å²) in [6.07, 6.45) is -0.674. The van der Waals surface area contributed by atoms with Crippen LogP contribution in [0.3, 0.4) is 0 Å². The summed E-state index contributed by atoms with van der Waals surface area (Å²) in [5, 5.41) is 2.53. The lowest BCUT2D eigenvalue weighted by atomic mass is 9.97. The smallest absolute Gasteiger partial charge is 0.416 e. The molecule has 0 spiro atoms. The van der Waals surface area contributed by atoms with Gasteiger partial charge in [0.1, 0.15) is 5.75 Å². The van der Waals surface area contributed by atoms with Crippen molar-refractivity contribution in [2.75, 3.05) is 26.0 Å². The van der Waals surface area contributed by atoms with Crippen molar-refractivity contribution in [1.29, 1.82) is 0 Å². The van der Waals surface area contributed by atoms with Gasteiger partial charge in [0.25, 0.3) is 5.91 Å². The number of anilines is 1. The minimum absolute atomic E-state index is 0.0298. The molecular formula is C18H18F3N3O2. The van der Waals surface area contributed by atoms with Gasteiger partial charge >= 0.3 is 6.18 Å². The van der Waals surface area contributed by atoms with E-state index in [1.165, 1.54) is 19.4 Å². The zero-order valence-corrected chi connectivity index (χ0v) is 14.4. The van der Waals surface area contributed by atoms with E-state index in [1.54, 1.807) is 6.20 Å². The first kappa shape index (κ1) is 18.2. The zero-order chi connectivity index (χ0) is 18.9. The van der Waals surface area contributed by atoms with Crippen LogP contribution in [0.2, 0.25) is 0 Å². The van der Waals surface area contributed by atoms with E-state index < -0.39 is 17.6 Å². The predicted octanol–water partition coefficient (Wildman–Crippen LogP) is 3.35. The number of pyridine rings is 1. The number of aromatic nitrogens is 1. The van der Waals surface area contributed by atoms with Gasteiger partial charge < -0.3 is 15.0 Å². The molecule has 0 bridgehead atoms. The molecule has 2 aromatic rings. The number of likely N-dealkylation sites (N-methyl/N-ethyl adjacent to an activating group) is 1. The molecule has 0 saturated heterocycles. The van der Waals surface area contributed by atoms with Gasteiger partial charge in [-0.15, -0.1) is 0 Å². The second-order valence-electron chi connectivity index (χ2n) is 6.18. The normalized spacial score (nSPS) is 14.7. The van der Waals surface area contributed by atoms with Crippen LogP contribution < -0.4 is 10.1 Å². The molecule has 1 aliphatic rings. The topological polar surface area (TPSA) is 54.5 Å². The quantitative estimate of drug-likeness (QED) is 0.906. The number of amides is 1. The molecule has 1 N–H and O–H groups in total. The standard InChI is InChI=1S/C18H18F3N3O2/c1-24-6-5-13-11(10-24)8-22-9-14(13)17(25)23-15-7-12(18(19,20)21)3-4-16(15)26-2/h3-4,7-9H,5-6,10H2,1-2H3,(H,23,25). The molecular weight excluding hydrogens is 347 g/mol. The Balaban J connectivity index is 1.93. The zero-order valence-electron chi connectivity index (χ0n) is 14.4. The maximum Gasteiger partial charge on any atom is 0.416 e. The third-order valence-corrected chi connectivity index (χ3v) is 4.35.